The van der Waals surface area contributed by atoms with Gasteiger partial charge >= 0.3 is 6.03 Å². The Morgan fingerprint density at radius 1 is 1.35 bits per heavy atom. The molecule has 2 aromatic rings. The molecule has 1 unspecified atom stereocenters. The highest BCUT2D eigenvalue weighted by atomic mass is 16.5. The Bertz CT molecular complexity index is 812. The van der Waals surface area contributed by atoms with E-state index in [4.69, 9.17) is 4.74 Å². The minimum absolute atomic E-state index is 0.00204. The van der Waals surface area contributed by atoms with Crippen LogP contribution in [0.5, 0.6) is 5.75 Å². The largest absolute Gasteiger partial charge is 0.497 e. The molecule has 1 aromatic heterocycles. The molecule has 0 spiro atoms. The van der Waals surface area contributed by atoms with E-state index in [-0.39, 0.29) is 12.1 Å². The number of nitrogens with zero attached hydrogens (tertiary/aromatic N) is 3. The molecule has 1 aromatic carbocycles. The number of benzene rings is 1. The molecule has 0 fully saturated rings. The Kier molecular flexibility index (Phi) is 5.20. The van der Waals surface area contributed by atoms with Crippen molar-refractivity contribution in [2.75, 3.05) is 19.0 Å². The van der Waals surface area contributed by atoms with Crippen molar-refractivity contribution < 1.29 is 9.53 Å². The fourth-order valence-electron chi connectivity index (χ4n) is 3.80. The standard InChI is InChI=1S/C20H28N4O2/c1-6-16-18(7-2)22-23(4)19(16)21-20(25)24-11-10-14-8-9-15(26-5)12-17(14)13(24)3/h8-9,12-13H,6-7,10-11H2,1-5H3,(H,21,25). The molecule has 140 valence electrons. The zero-order valence-corrected chi connectivity index (χ0v) is 16.3. The van der Waals surface area contributed by atoms with Gasteiger partial charge in [0.2, 0.25) is 0 Å². The molecule has 1 N–H and O–H groups in total. The summed E-state index contributed by atoms with van der Waals surface area (Å²) in [5.41, 5.74) is 4.60. The van der Waals surface area contributed by atoms with Crippen molar-refractivity contribution in [3.05, 3.63) is 40.6 Å². The highest BCUT2D eigenvalue weighted by Gasteiger charge is 2.29. The number of aromatic nitrogens is 2. The number of rotatable bonds is 4. The second-order valence-electron chi connectivity index (χ2n) is 6.72. The Labute approximate surface area is 155 Å². The molecule has 6 heteroatoms. The third kappa shape index (κ3) is 3.16. The molecular weight excluding hydrogens is 328 g/mol. The highest BCUT2D eigenvalue weighted by Crippen LogP contribution is 2.33. The summed E-state index contributed by atoms with van der Waals surface area (Å²) < 4.78 is 7.13. The number of amides is 2. The van der Waals surface area contributed by atoms with Crippen molar-refractivity contribution in [3.8, 4) is 5.75 Å². The first kappa shape index (κ1) is 18.3. The van der Waals surface area contributed by atoms with E-state index in [0.29, 0.717) is 6.54 Å². The predicted molar refractivity (Wildman–Crippen MR) is 103 cm³/mol. The SMILES string of the molecule is CCc1nn(C)c(NC(=O)N2CCc3ccc(OC)cc3C2C)c1CC. The monoisotopic (exact) mass is 356 g/mol. The topological polar surface area (TPSA) is 59.4 Å². The molecule has 2 heterocycles. The minimum Gasteiger partial charge on any atom is -0.497 e. The summed E-state index contributed by atoms with van der Waals surface area (Å²) in [5, 5.41) is 7.64. The Morgan fingerprint density at radius 3 is 2.77 bits per heavy atom. The summed E-state index contributed by atoms with van der Waals surface area (Å²) >= 11 is 0. The number of fused-ring (bicyclic) bond motifs is 1. The van der Waals surface area contributed by atoms with E-state index >= 15 is 0 Å². The van der Waals surface area contributed by atoms with Crippen LogP contribution in [0.1, 0.15) is 49.2 Å². The summed E-state index contributed by atoms with van der Waals surface area (Å²) in [5.74, 6) is 1.63. The average Bonchev–Trinajstić information content (AvgIpc) is 2.96. The fourth-order valence-corrected chi connectivity index (χ4v) is 3.80. The number of anilines is 1. The van der Waals surface area contributed by atoms with Gasteiger partial charge in [-0.05, 0) is 49.4 Å². The van der Waals surface area contributed by atoms with Crippen LogP contribution in [0.2, 0.25) is 0 Å². The first-order valence-electron chi connectivity index (χ1n) is 9.29. The molecular formula is C20H28N4O2. The van der Waals surface area contributed by atoms with Gasteiger partial charge in [-0.2, -0.15) is 5.10 Å². The lowest BCUT2D eigenvalue weighted by Crippen LogP contribution is -2.41. The van der Waals surface area contributed by atoms with Crippen LogP contribution >= 0.6 is 0 Å². The Morgan fingerprint density at radius 2 is 2.12 bits per heavy atom. The molecule has 0 radical (unpaired) electrons. The van der Waals surface area contributed by atoms with Crippen molar-refractivity contribution in [1.29, 1.82) is 0 Å². The van der Waals surface area contributed by atoms with Crippen LogP contribution < -0.4 is 10.1 Å². The third-order valence-electron chi connectivity index (χ3n) is 5.30. The smallest absolute Gasteiger partial charge is 0.323 e. The summed E-state index contributed by atoms with van der Waals surface area (Å²) in [4.78, 5) is 14.9. The van der Waals surface area contributed by atoms with Crippen LogP contribution in [0.4, 0.5) is 10.6 Å². The number of nitrogens with one attached hydrogen (secondary N) is 1. The quantitative estimate of drug-likeness (QED) is 0.908. The molecule has 6 nitrogen and oxygen atoms in total. The molecule has 2 amide bonds. The second kappa shape index (κ2) is 7.40. The van der Waals surface area contributed by atoms with Crippen LogP contribution in [-0.2, 0) is 26.3 Å². The van der Waals surface area contributed by atoms with Crippen LogP contribution in [0.3, 0.4) is 0 Å². The van der Waals surface area contributed by atoms with Crippen LogP contribution in [0, 0.1) is 0 Å². The Hall–Kier alpha value is -2.50. The normalized spacial score (nSPS) is 16.3. The molecule has 0 aliphatic carbocycles. The summed E-state index contributed by atoms with van der Waals surface area (Å²) in [7, 11) is 3.55. The lowest BCUT2D eigenvalue weighted by atomic mass is 9.93. The molecule has 0 saturated heterocycles. The summed E-state index contributed by atoms with van der Waals surface area (Å²) in [6, 6.07) is 6.04. The molecule has 0 saturated carbocycles. The van der Waals surface area contributed by atoms with Gasteiger partial charge in [0.25, 0.3) is 0 Å². The lowest BCUT2D eigenvalue weighted by Gasteiger charge is -2.35. The maximum atomic E-state index is 13.0. The van der Waals surface area contributed by atoms with Crippen LogP contribution in [-0.4, -0.2) is 34.4 Å². The summed E-state index contributed by atoms with van der Waals surface area (Å²) in [6.07, 6.45) is 2.56. The van der Waals surface area contributed by atoms with Crippen LogP contribution in [0.25, 0.3) is 0 Å². The zero-order chi connectivity index (χ0) is 18.8. The van der Waals surface area contributed by atoms with E-state index in [1.807, 2.05) is 24.1 Å². The van der Waals surface area contributed by atoms with Crippen molar-refractivity contribution in [2.24, 2.45) is 7.05 Å². The molecule has 1 aliphatic heterocycles. The van der Waals surface area contributed by atoms with Gasteiger partial charge in [0, 0.05) is 19.2 Å². The first-order valence-corrected chi connectivity index (χ1v) is 9.29. The number of methoxy groups -OCH3 is 1. The van der Waals surface area contributed by atoms with E-state index < -0.39 is 0 Å². The van der Waals surface area contributed by atoms with Crippen molar-refractivity contribution in [3.63, 3.8) is 0 Å². The van der Waals surface area contributed by atoms with Gasteiger partial charge in [0.15, 0.2) is 0 Å². The van der Waals surface area contributed by atoms with Gasteiger partial charge < -0.3 is 9.64 Å². The molecule has 1 atom stereocenters. The van der Waals surface area contributed by atoms with Crippen molar-refractivity contribution >= 4 is 11.8 Å². The number of carbonyl (C=O) groups is 1. The van der Waals surface area contributed by atoms with E-state index in [9.17, 15) is 4.79 Å². The molecule has 1 aliphatic rings. The lowest BCUT2D eigenvalue weighted by molar-refractivity contribution is 0.188. The van der Waals surface area contributed by atoms with Gasteiger partial charge in [-0.15, -0.1) is 0 Å². The van der Waals surface area contributed by atoms with Crippen molar-refractivity contribution in [2.45, 2.75) is 46.1 Å². The van der Waals surface area contributed by atoms with E-state index in [2.05, 4.69) is 37.3 Å². The van der Waals surface area contributed by atoms with Gasteiger partial charge in [-0.25, -0.2) is 4.79 Å². The van der Waals surface area contributed by atoms with Gasteiger partial charge in [-0.3, -0.25) is 10.00 Å². The van der Waals surface area contributed by atoms with E-state index in [0.717, 1.165) is 47.7 Å². The van der Waals surface area contributed by atoms with E-state index in [1.165, 1.54) is 5.56 Å². The maximum Gasteiger partial charge on any atom is 0.323 e. The third-order valence-corrected chi connectivity index (χ3v) is 5.30. The molecule has 26 heavy (non-hydrogen) atoms. The number of urea groups is 1. The van der Waals surface area contributed by atoms with E-state index in [1.54, 1.807) is 11.8 Å². The molecule has 0 bridgehead atoms. The maximum absolute atomic E-state index is 13.0. The first-order chi connectivity index (χ1) is 12.5. The summed E-state index contributed by atoms with van der Waals surface area (Å²) in [6.45, 7) is 6.95. The zero-order valence-electron chi connectivity index (χ0n) is 16.3. The molecule has 3 rings (SSSR count). The second-order valence-corrected chi connectivity index (χ2v) is 6.72. The number of hydrogen-bond acceptors (Lipinski definition) is 3. The van der Waals surface area contributed by atoms with Gasteiger partial charge in [-0.1, -0.05) is 19.9 Å². The van der Waals surface area contributed by atoms with Gasteiger partial charge in [0.05, 0.1) is 18.8 Å². The van der Waals surface area contributed by atoms with Gasteiger partial charge in [0.1, 0.15) is 11.6 Å². The predicted octanol–water partition coefficient (Wildman–Crippen LogP) is 3.70. The van der Waals surface area contributed by atoms with Crippen LogP contribution in [0.15, 0.2) is 18.2 Å². The number of carbonyl (C=O) groups excluding carboxylic acids is 1. The highest BCUT2D eigenvalue weighted by molar-refractivity contribution is 5.90. The fraction of sp³-hybridized carbons (Fsp3) is 0.500. The number of ether oxygens (including phenoxy) is 1. The number of hydrogen-bond donors (Lipinski definition) is 1. The Balaban J connectivity index is 1.84. The minimum atomic E-state index is -0.0775. The number of aryl methyl sites for hydroxylation is 2. The average molecular weight is 356 g/mol. The van der Waals surface area contributed by atoms with Crippen molar-refractivity contribution in [1.82, 2.24) is 14.7 Å².